The molecular weight excluding hydrogens is 460 g/mol. The Bertz CT molecular complexity index is 828. The van der Waals surface area contributed by atoms with Crippen LogP contribution in [-0.4, -0.2) is 65.0 Å². The van der Waals surface area contributed by atoms with Crippen LogP contribution in [0.15, 0.2) is 18.2 Å². The van der Waals surface area contributed by atoms with Gasteiger partial charge < -0.3 is 19.7 Å². The van der Waals surface area contributed by atoms with Crippen LogP contribution in [0.25, 0.3) is 0 Å². The number of carbonyl (C=O) groups is 3. The molecule has 0 aromatic heterocycles. The van der Waals surface area contributed by atoms with Crippen LogP contribution in [0.2, 0.25) is 10.0 Å². The first-order chi connectivity index (χ1) is 14.0. The summed E-state index contributed by atoms with van der Waals surface area (Å²) in [4.78, 5) is 37.6. The molecule has 31 heavy (non-hydrogen) atoms. The molecule has 11 heteroatoms. The summed E-state index contributed by atoms with van der Waals surface area (Å²) in [6.07, 6.45) is -7.40. The molecule has 174 valence electrons. The highest BCUT2D eigenvalue weighted by molar-refractivity contribution is 6.42. The van der Waals surface area contributed by atoms with Gasteiger partial charge in [0.05, 0.1) is 10.0 Å². The maximum absolute atomic E-state index is 12.7. The van der Waals surface area contributed by atoms with E-state index in [0.717, 1.165) is 9.80 Å². The van der Waals surface area contributed by atoms with E-state index >= 15 is 0 Å². The van der Waals surface area contributed by atoms with Gasteiger partial charge in [0.2, 0.25) is 5.91 Å². The summed E-state index contributed by atoms with van der Waals surface area (Å²) >= 11 is 12.1. The Balaban J connectivity index is 3.56. The van der Waals surface area contributed by atoms with Gasteiger partial charge >= 0.3 is 12.3 Å². The molecule has 1 aromatic rings. The van der Waals surface area contributed by atoms with Gasteiger partial charge in [-0.3, -0.25) is 4.79 Å². The van der Waals surface area contributed by atoms with Crippen molar-refractivity contribution in [3.8, 4) is 0 Å². The van der Waals surface area contributed by atoms with Crippen LogP contribution in [0.1, 0.15) is 39.2 Å². The maximum Gasteiger partial charge on any atom is 0.407 e. The predicted octanol–water partition coefficient (Wildman–Crippen LogP) is 5.01. The molecule has 0 aliphatic heterocycles. The highest BCUT2D eigenvalue weighted by Crippen LogP contribution is 2.36. The second-order valence-corrected chi connectivity index (χ2v) is 9.18. The van der Waals surface area contributed by atoms with Crippen molar-refractivity contribution < 1.29 is 32.7 Å². The lowest BCUT2D eigenvalue weighted by Gasteiger charge is -2.44. The summed E-state index contributed by atoms with van der Waals surface area (Å²) < 4.78 is 38.2. The summed E-state index contributed by atoms with van der Waals surface area (Å²) in [5.74, 6) is -1.21. The van der Waals surface area contributed by atoms with E-state index in [1.165, 1.54) is 25.2 Å². The van der Waals surface area contributed by atoms with Gasteiger partial charge in [0.25, 0.3) is 0 Å². The van der Waals surface area contributed by atoms with E-state index in [1.54, 1.807) is 20.8 Å². The van der Waals surface area contributed by atoms with Gasteiger partial charge in [0.15, 0.2) is 0 Å². The summed E-state index contributed by atoms with van der Waals surface area (Å²) in [6.45, 7) is 4.30. The molecule has 0 aliphatic rings. The molecule has 1 rings (SSSR count). The van der Waals surface area contributed by atoms with Gasteiger partial charge in [-0.15, -0.1) is 0 Å². The number of halogens is 5. The molecular formula is C20H25Cl2F3N2O4. The first kappa shape index (κ1) is 27.0. The van der Waals surface area contributed by atoms with Gasteiger partial charge in [-0.1, -0.05) is 29.3 Å². The molecule has 2 amide bonds. The second kappa shape index (κ2) is 10.1. The van der Waals surface area contributed by atoms with Gasteiger partial charge in [0, 0.05) is 37.5 Å². The molecule has 0 spiro atoms. The Kier molecular flexibility index (Phi) is 8.79. The summed E-state index contributed by atoms with van der Waals surface area (Å²) in [7, 11) is 1.17. The van der Waals surface area contributed by atoms with Crippen LogP contribution in [0.4, 0.5) is 18.0 Å². The number of carboxylic acid groups (broad SMARTS) is 1. The average Bonchev–Trinajstić information content (AvgIpc) is 2.59. The van der Waals surface area contributed by atoms with Crippen molar-refractivity contribution in [1.29, 1.82) is 0 Å². The normalized spacial score (nSPS) is 14.0. The monoisotopic (exact) mass is 484 g/mol. The first-order valence-corrected chi connectivity index (χ1v) is 9.98. The number of hydrogen-bond acceptors (Lipinski definition) is 3. The number of rotatable bonds is 8. The third-order valence-corrected chi connectivity index (χ3v) is 5.56. The maximum atomic E-state index is 12.7. The van der Waals surface area contributed by atoms with E-state index in [1.807, 2.05) is 0 Å². The number of likely N-dealkylation sites (N-methyl/N-ethyl adjacent to an activating group) is 1. The zero-order valence-corrected chi connectivity index (χ0v) is 19.1. The Morgan fingerprint density at radius 2 is 1.68 bits per heavy atom. The van der Waals surface area contributed by atoms with Crippen molar-refractivity contribution in [3.05, 3.63) is 33.8 Å². The number of aldehydes is 1. The highest BCUT2D eigenvalue weighted by atomic mass is 35.5. The molecule has 0 saturated heterocycles. The fourth-order valence-corrected chi connectivity index (χ4v) is 3.51. The number of hydrogen-bond donors (Lipinski definition) is 1. The Hall–Kier alpha value is -2.00. The van der Waals surface area contributed by atoms with Gasteiger partial charge in [-0.05, 0) is 38.5 Å². The fraction of sp³-hybridized carbons (Fsp3) is 0.550. The molecule has 0 saturated carbocycles. The lowest BCUT2D eigenvalue weighted by molar-refractivity contribution is -0.161. The van der Waals surface area contributed by atoms with Crippen LogP contribution >= 0.6 is 23.2 Å². The van der Waals surface area contributed by atoms with Crippen molar-refractivity contribution in [1.82, 2.24) is 9.80 Å². The van der Waals surface area contributed by atoms with E-state index in [-0.39, 0.29) is 29.6 Å². The van der Waals surface area contributed by atoms with Crippen molar-refractivity contribution >= 4 is 41.5 Å². The van der Waals surface area contributed by atoms with E-state index in [0.29, 0.717) is 11.8 Å². The molecule has 1 atom stereocenters. The van der Waals surface area contributed by atoms with Crippen LogP contribution in [0, 0.1) is 0 Å². The Labute approximate surface area is 188 Å². The first-order valence-electron chi connectivity index (χ1n) is 9.23. The summed E-state index contributed by atoms with van der Waals surface area (Å²) in [5, 5.41) is 10.1. The Morgan fingerprint density at radius 3 is 2.10 bits per heavy atom. The third kappa shape index (κ3) is 7.57. The highest BCUT2D eigenvalue weighted by Gasteiger charge is 2.42. The van der Waals surface area contributed by atoms with Crippen molar-refractivity contribution in [3.63, 3.8) is 0 Å². The van der Waals surface area contributed by atoms with Crippen LogP contribution in [0.3, 0.4) is 0 Å². The zero-order chi connectivity index (χ0) is 24.2. The molecule has 0 bridgehead atoms. The smallest absolute Gasteiger partial charge is 0.407 e. The standard InChI is InChI=1S/C20H25Cl2F3N2O4/c1-18(2,3)27(17(30)31)12-19(7-8-28,13-5-6-14(21)15(22)9-13)11-26(4)16(29)10-20(23,24)25/h5-6,8-9H,7,10-12H2,1-4H3,(H,30,31)/t19-/m0/s1. The zero-order valence-electron chi connectivity index (χ0n) is 17.6. The molecule has 1 N–H and O–H groups in total. The van der Waals surface area contributed by atoms with Crippen LogP contribution in [0.5, 0.6) is 0 Å². The number of nitrogens with zero attached hydrogens (tertiary/aromatic N) is 2. The predicted molar refractivity (Wildman–Crippen MR) is 112 cm³/mol. The van der Waals surface area contributed by atoms with Crippen LogP contribution < -0.4 is 0 Å². The van der Waals surface area contributed by atoms with E-state index < -0.39 is 35.6 Å². The minimum absolute atomic E-state index is 0.122. The van der Waals surface area contributed by atoms with Crippen molar-refractivity contribution in [2.45, 2.75) is 50.7 Å². The van der Waals surface area contributed by atoms with Crippen LogP contribution in [-0.2, 0) is 15.0 Å². The second-order valence-electron chi connectivity index (χ2n) is 8.36. The average molecular weight is 485 g/mol. The molecule has 0 aliphatic carbocycles. The van der Waals surface area contributed by atoms with E-state index in [2.05, 4.69) is 0 Å². The SMILES string of the molecule is CN(C[C@@](CC=O)(CN(C(=O)O)C(C)(C)C)c1ccc(Cl)c(Cl)c1)C(=O)CC(F)(F)F. The van der Waals surface area contributed by atoms with Gasteiger partial charge in [-0.2, -0.15) is 13.2 Å². The number of carbonyl (C=O) groups excluding carboxylic acids is 2. The van der Waals surface area contributed by atoms with E-state index in [4.69, 9.17) is 23.2 Å². The fourth-order valence-electron chi connectivity index (χ4n) is 3.21. The number of benzene rings is 1. The van der Waals surface area contributed by atoms with Gasteiger partial charge in [-0.25, -0.2) is 4.79 Å². The molecule has 0 heterocycles. The van der Waals surface area contributed by atoms with Gasteiger partial charge in [0.1, 0.15) is 12.7 Å². The topological polar surface area (TPSA) is 77.9 Å². The number of alkyl halides is 3. The lowest BCUT2D eigenvalue weighted by Crippen LogP contribution is -2.55. The minimum Gasteiger partial charge on any atom is -0.465 e. The van der Waals surface area contributed by atoms with E-state index in [9.17, 15) is 32.7 Å². The number of amides is 2. The molecule has 0 unspecified atom stereocenters. The van der Waals surface area contributed by atoms with Crippen molar-refractivity contribution in [2.24, 2.45) is 0 Å². The lowest BCUT2D eigenvalue weighted by atomic mass is 9.76. The molecule has 0 fully saturated rings. The quantitative estimate of drug-likeness (QED) is 0.526. The largest absolute Gasteiger partial charge is 0.465 e. The third-order valence-electron chi connectivity index (χ3n) is 4.82. The van der Waals surface area contributed by atoms with Crippen molar-refractivity contribution in [2.75, 3.05) is 20.1 Å². The minimum atomic E-state index is -4.71. The summed E-state index contributed by atoms with van der Waals surface area (Å²) in [5.41, 5.74) is -1.89. The summed E-state index contributed by atoms with van der Waals surface area (Å²) in [6, 6.07) is 4.39. The molecule has 1 aromatic carbocycles. The Morgan fingerprint density at radius 1 is 1.10 bits per heavy atom. The molecule has 6 nitrogen and oxygen atoms in total. The molecule has 0 radical (unpaired) electrons.